The van der Waals surface area contributed by atoms with E-state index < -0.39 is 35.9 Å². The zero-order valence-corrected chi connectivity index (χ0v) is 38.4. The molecule has 2 aliphatic carbocycles. The zero-order valence-electron chi connectivity index (χ0n) is 36.7. The topological polar surface area (TPSA) is 185 Å². The molecule has 4 atom stereocenters. The van der Waals surface area contributed by atoms with Gasteiger partial charge in [-0.05, 0) is 96.8 Å². The van der Waals surface area contributed by atoms with Crippen LogP contribution in [-0.4, -0.2) is 108 Å². The molecule has 0 bridgehead atoms. The lowest BCUT2D eigenvalue weighted by atomic mass is 9.97. The van der Waals surface area contributed by atoms with Crippen molar-refractivity contribution in [3.63, 3.8) is 0 Å². The highest BCUT2D eigenvalue weighted by Crippen LogP contribution is 2.45. The molecule has 4 N–H and O–H groups in total. The Morgan fingerprint density at radius 2 is 0.891 bits per heavy atom. The van der Waals surface area contributed by atoms with Gasteiger partial charge in [0.05, 0.1) is 12.8 Å². The molecule has 6 rings (SSSR count). The van der Waals surface area contributed by atoms with Crippen molar-refractivity contribution >= 4 is 59.0 Å². The predicted molar refractivity (Wildman–Crippen MR) is 252 cm³/mol. The molecule has 0 radical (unpaired) electrons. The molecule has 2 aliphatic rings. The van der Waals surface area contributed by atoms with E-state index in [1.54, 1.807) is 14.1 Å². The lowest BCUT2D eigenvalue weighted by Gasteiger charge is -2.17. The normalized spacial score (nSPS) is 14.3. The number of thioether (sulfide) groups is 2. The van der Waals surface area contributed by atoms with Crippen LogP contribution in [0.15, 0.2) is 97.1 Å². The Hall–Kier alpha value is -5.28. The standard InChI is InChI=1S/2C25H29NO5S/c1-16(27)17(15-32-12-11-23(26-2)25(29)30)13-24(28)31-14-22-20-9-5-3-7-18(20)19-8-4-6-10-21(19)22;1-16(27)17(11-12-32-15-23(26-2)25(29)30)13-24(28)31-14-22-20-9-5-3-7-18(20)19-8-4-6-10-21(19)22/h2*3-10,17,22-23,26H,11-15H2,1-2H3,(H,29,30)/t2*17-,23?/m10/s1. The Bertz CT molecular complexity index is 2020. The zero-order chi connectivity index (χ0) is 46.2. The molecule has 2 unspecified atom stereocenters. The molecule has 0 spiro atoms. The molecule has 340 valence electrons. The van der Waals surface area contributed by atoms with Crippen molar-refractivity contribution in [2.75, 3.05) is 50.3 Å². The van der Waals surface area contributed by atoms with Crippen LogP contribution in [-0.2, 0) is 38.2 Å². The van der Waals surface area contributed by atoms with Gasteiger partial charge in [-0.25, -0.2) is 0 Å². The largest absolute Gasteiger partial charge is 0.480 e. The number of carbonyl (C=O) groups excluding carboxylic acids is 4. The molecule has 4 aromatic carbocycles. The Balaban J connectivity index is 0.000000241. The van der Waals surface area contributed by atoms with Gasteiger partial charge in [-0.2, -0.15) is 23.5 Å². The average molecular weight is 911 g/mol. The molecule has 12 nitrogen and oxygen atoms in total. The third-order valence-electron chi connectivity index (χ3n) is 11.8. The van der Waals surface area contributed by atoms with Gasteiger partial charge in [0.25, 0.3) is 0 Å². The Kier molecular flexibility index (Phi) is 19.2. The Morgan fingerprint density at radius 3 is 1.27 bits per heavy atom. The molecule has 64 heavy (non-hydrogen) atoms. The van der Waals surface area contributed by atoms with E-state index in [0.29, 0.717) is 35.9 Å². The summed E-state index contributed by atoms with van der Waals surface area (Å²) in [6.45, 7) is 3.46. The summed E-state index contributed by atoms with van der Waals surface area (Å²) < 4.78 is 11.3. The van der Waals surface area contributed by atoms with Crippen LogP contribution in [0, 0.1) is 11.8 Å². The molecule has 4 aromatic rings. The van der Waals surface area contributed by atoms with E-state index in [2.05, 4.69) is 59.2 Å². The molecule has 14 heteroatoms. The van der Waals surface area contributed by atoms with E-state index >= 15 is 0 Å². The van der Waals surface area contributed by atoms with Gasteiger partial charge in [0, 0.05) is 35.2 Å². The van der Waals surface area contributed by atoms with Gasteiger partial charge in [-0.15, -0.1) is 0 Å². The minimum Gasteiger partial charge on any atom is -0.480 e. The Morgan fingerprint density at radius 1 is 0.531 bits per heavy atom. The number of ether oxygens (including phenoxy) is 2. The van der Waals surface area contributed by atoms with Crippen LogP contribution < -0.4 is 10.6 Å². The van der Waals surface area contributed by atoms with Gasteiger partial charge in [0.15, 0.2) is 0 Å². The van der Waals surface area contributed by atoms with Crippen LogP contribution in [0.3, 0.4) is 0 Å². The Labute approximate surface area is 383 Å². The SMILES string of the molecule is CNC(CCSC[C@@H](CC(=O)OCC1c2ccccc2-c2ccccc21)C(C)=O)C(=O)O.CNC(CSCC[C@@H](CC(=O)OCC1c2ccccc2-c2ccccc21)C(C)=O)C(=O)O. The number of aliphatic carboxylic acids is 2. The highest BCUT2D eigenvalue weighted by Gasteiger charge is 2.31. The maximum absolute atomic E-state index is 12.5. The maximum atomic E-state index is 12.5. The van der Waals surface area contributed by atoms with Crippen molar-refractivity contribution in [3.8, 4) is 22.3 Å². The molecule has 0 saturated heterocycles. The number of carboxylic acids is 2. The fourth-order valence-electron chi connectivity index (χ4n) is 8.04. The van der Waals surface area contributed by atoms with E-state index in [1.165, 1.54) is 59.6 Å². The molecular formula is C50H58N2O10S2. The summed E-state index contributed by atoms with van der Waals surface area (Å²) in [7, 11) is 3.22. The minimum atomic E-state index is -0.901. The molecular weight excluding hydrogens is 853 g/mol. The highest BCUT2D eigenvalue weighted by atomic mass is 32.2. The van der Waals surface area contributed by atoms with E-state index in [9.17, 15) is 28.8 Å². The van der Waals surface area contributed by atoms with Gasteiger partial charge in [0.1, 0.15) is 36.9 Å². The first-order valence-electron chi connectivity index (χ1n) is 21.5. The minimum absolute atomic E-state index is 0.00724. The molecule has 0 saturated carbocycles. The summed E-state index contributed by atoms with van der Waals surface area (Å²) in [6, 6.07) is 31.4. The number of carbonyl (C=O) groups is 6. The number of benzene rings is 4. The average Bonchev–Trinajstić information content (AvgIpc) is 3.78. The first-order chi connectivity index (χ1) is 30.8. The molecule has 0 heterocycles. The number of rotatable bonds is 24. The summed E-state index contributed by atoms with van der Waals surface area (Å²) in [6.07, 6.45) is 1.04. The number of Topliss-reactive ketones (excluding diaryl/α,β-unsaturated/α-hetero) is 2. The summed E-state index contributed by atoms with van der Waals surface area (Å²) in [4.78, 5) is 71.3. The second-order valence-corrected chi connectivity index (χ2v) is 18.2. The molecule has 0 fully saturated rings. The third kappa shape index (κ3) is 13.4. The summed E-state index contributed by atoms with van der Waals surface area (Å²) in [5, 5.41) is 23.6. The van der Waals surface area contributed by atoms with E-state index in [0.717, 1.165) is 22.3 Å². The number of nitrogens with one attached hydrogen (secondary N) is 2. The summed E-state index contributed by atoms with van der Waals surface area (Å²) in [5.74, 6) is -1.48. The quantitative estimate of drug-likeness (QED) is 0.0401. The third-order valence-corrected chi connectivity index (χ3v) is 14.0. The number of hydrogen-bond donors (Lipinski definition) is 4. The summed E-state index contributed by atoms with van der Waals surface area (Å²) in [5.41, 5.74) is 9.28. The lowest BCUT2D eigenvalue weighted by molar-refractivity contribution is -0.147. The van der Waals surface area contributed by atoms with Crippen molar-refractivity contribution in [3.05, 3.63) is 119 Å². The van der Waals surface area contributed by atoms with E-state index in [1.807, 2.05) is 48.5 Å². The van der Waals surface area contributed by atoms with Crippen molar-refractivity contribution in [1.29, 1.82) is 0 Å². The number of hydrogen-bond acceptors (Lipinski definition) is 12. The number of ketones is 2. The van der Waals surface area contributed by atoms with Crippen LogP contribution in [0.1, 0.15) is 73.6 Å². The van der Waals surface area contributed by atoms with Crippen molar-refractivity contribution in [2.45, 2.75) is 63.5 Å². The van der Waals surface area contributed by atoms with Crippen molar-refractivity contribution < 1.29 is 48.5 Å². The van der Waals surface area contributed by atoms with E-state index in [-0.39, 0.29) is 61.4 Å². The number of esters is 2. The highest BCUT2D eigenvalue weighted by molar-refractivity contribution is 7.99. The maximum Gasteiger partial charge on any atom is 0.321 e. The van der Waals surface area contributed by atoms with Crippen LogP contribution in [0.2, 0.25) is 0 Å². The monoisotopic (exact) mass is 910 g/mol. The van der Waals surface area contributed by atoms with Gasteiger partial charge in [0.2, 0.25) is 0 Å². The number of carboxylic acid groups (broad SMARTS) is 2. The fourth-order valence-corrected chi connectivity index (χ4v) is 10.4. The first kappa shape index (κ1) is 49.7. The van der Waals surface area contributed by atoms with Crippen LogP contribution >= 0.6 is 23.5 Å². The van der Waals surface area contributed by atoms with E-state index in [4.69, 9.17) is 19.7 Å². The number of fused-ring (bicyclic) bond motifs is 6. The summed E-state index contributed by atoms with van der Waals surface area (Å²) >= 11 is 2.94. The smallest absolute Gasteiger partial charge is 0.321 e. The molecule has 0 aromatic heterocycles. The van der Waals surface area contributed by atoms with Gasteiger partial charge in [-0.1, -0.05) is 97.1 Å². The van der Waals surface area contributed by atoms with Gasteiger partial charge < -0.3 is 30.3 Å². The second kappa shape index (κ2) is 24.7. The fraction of sp³-hybridized carbons (Fsp3) is 0.400. The number of likely N-dealkylation sites (N-methyl/N-ethyl adjacent to an activating group) is 2. The van der Waals surface area contributed by atoms with Crippen LogP contribution in [0.4, 0.5) is 0 Å². The van der Waals surface area contributed by atoms with Crippen molar-refractivity contribution in [1.82, 2.24) is 10.6 Å². The van der Waals surface area contributed by atoms with Gasteiger partial charge >= 0.3 is 23.9 Å². The lowest BCUT2D eigenvalue weighted by Crippen LogP contribution is -2.36. The molecule has 0 amide bonds. The first-order valence-corrected chi connectivity index (χ1v) is 23.8. The van der Waals surface area contributed by atoms with Gasteiger partial charge in [-0.3, -0.25) is 28.8 Å². The predicted octanol–water partition coefficient (Wildman–Crippen LogP) is 7.47. The van der Waals surface area contributed by atoms with Crippen LogP contribution in [0.25, 0.3) is 22.3 Å². The van der Waals surface area contributed by atoms with Crippen molar-refractivity contribution in [2.24, 2.45) is 11.8 Å². The molecule has 0 aliphatic heterocycles. The van der Waals surface area contributed by atoms with Crippen LogP contribution in [0.5, 0.6) is 0 Å². The second-order valence-electron chi connectivity index (χ2n) is 15.9.